The van der Waals surface area contributed by atoms with E-state index < -0.39 is 20.2 Å². The van der Waals surface area contributed by atoms with Crippen LogP contribution in [-0.2, 0) is 33.1 Å². The van der Waals surface area contributed by atoms with Gasteiger partial charge in [-0.3, -0.25) is 0 Å². The average molecular weight is 763 g/mol. The summed E-state index contributed by atoms with van der Waals surface area (Å²) in [6.45, 7) is 4.37. The van der Waals surface area contributed by atoms with E-state index in [2.05, 4.69) is 13.8 Å². The molecule has 8 nitrogen and oxygen atoms in total. The van der Waals surface area contributed by atoms with Crippen molar-refractivity contribution in [1.82, 2.24) is 0 Å². The molecule has 0 spiro atoms. The van der Waals surface area contributed by atoms with Crippen molar-refractivity contribution in [3.8, 4) is 23.0 Å². The maximum Gasteiger partial charge on any atom is 2.00 e. The van der Waals surface area contributed by atoms with E-state index >= 15 is 0 Å². The van der Waals surface area contributed by atoms with Gasteiger partial charge in [0.1, 0.15) is 43.2 Å². The monoisotopic (exact) mass is 762 g/mol. The second kappa shape index (κ2) is 24.0. The number of benzene rings is 4. The second-order valence-corrected chi connectivity index (χ2v) is 15.2. The van der Waals surface area contributed by atoms with Gasteiger partial charge >= 0.3 is 37.7 Å². The maximum absolute atomic E-state index is 11.4. The Bertz CT molecular complexity index is 1650. The van der Waals surface area contributed by atoms with Crippen LogP contribution < -0.4 is 9.47 Å². The zero-order valence-electron chi connectivity index (χ0n) is 29.9. The fourth-order valence-corrected chi connectivity index (χ4v) is 6.54. The Hall–Kier alpha value is -2.44. The van der Waals surface area contributed by atoms with Crippen molar-refractivity contribution >= 4 is 58.0 Å². The molecule has 0 atom stereocenters. The smallest absolute Gasteiger partial charge is 0.744 e. The van der Waals surface area contributed by atoms with Crippen LogP contribution in [0.3, 0.4) is 0 Å². The molecule has 0 saturated heterocycles. The average Bonchev–Trinajstić information content (AvgIpc) is 3.08. The van der Waals surface area contributed by atoms with Crippen LogP contribution in [0.2, 0.25) is 0 Å². The fraction of sp³-hybridized carbons (Fsp3) is 0.400. The maximum atomic E-state index is 11.4. The first-order valence-electron chi connectivity index (χ1n) is 17.6. The molecule has 272 valence electrons. The van der Waals surface area contributed by atoms with Crippen molar-refractivity contribution in [2.24, 2.45) is 0 Å². The Balaban J connectivity index is 0.000000347. The first-order valence-corrected chi connectivity index (χ1v) is 20.4. The molecule has 0 fully saturated rings. The Morgan fingerprint density at radius 3 is 1.12 bits per heavy atom. The Kier molecular flexibility index (Phi) is 21.0. The third-order valence-electron chi connectivity index (χ3n) is 8.05. The van der Waals surface area contributed by atoms with Gasteiger partial charge in [0.25, 0.3) is 0 Å². The summed E-state index contributed by atoms with van der Waals surface area (Å²) in [5.74, 6) is 1.97. The molecule has 0 aliphatic carbocycles. The van der Waals surface area contributed by atoms with Gasteiger partial charge < -0.3 is 18.6 Å². The SMILES string of the molecule is CCCCCCCCc1cc(Oc2ccccc2)cc(S(=O)(=O)[O-])c1.CCCCCCCCc1cc(Oc2ccccc2)cc(S(=O)(=O)[O-])c1.[Ca+2]. The van der Waals surface area contributed by atoms with Crippen LogP contribution >= 0.6 is 0 Å². The normalized spacial score (nSPS) is 11.2. The van der Waals surface area contributed by atoms with E-state index in [1.54, 1.807) is 24.3 Å². The molecule has 0 bridgehead atoms. The molecule has 4 aromatic carbocycles. The van der Waals surface area contributed by atoms with E-state index in [1.165, 1.54) is 75.6 Å². The molecule has 0 unspecified atom stereocenters. The topological polar surface area (TPSA) is 133 Å². The summed E-state index contributed by atoms with van der Waals surface area (Å²) in [5.41, 5.74) is 1.64. The van der Waals surface area contributed by atoms with Crippen LogP contribution in [0.15, 0.2) is 107 Å². The summed E-state index contributed by atoms with van der Waals surface area (Å²) >= 11 is 0. The van der Waals surface area contributed by atoms with Crippen LogP contribution in [-0.4, -0.2) is 63.7 Å². The van der Waals surface area contributed by atoms with Crippen molar-refractivity contribution in [3.63, 3.8) is 0 Å². The van der Waals surface area contributed by atoms with Gasteiger partial charge in [0, 0.05) is 0 Å². The van der Waals surface area contributed by atoms with Gasteiger partial charge in [0.2, 0.25) is 0 Å². The Morgan fingerprint density at radius 2 is 0.784 bits per heavy atom. The van der Waals surface area contributed by atoms with Crippen LogP contribution in [0, 0.1) is 0 Å². The first-order chi connectivity index (χ1) is 24.0. The van der Waals surface area contributed by atoms with E-state index in [9.17, 15) is 25.9 Å². The number of hydrogen-bond acceptors (Lipinski definition) is 8. The van der Waals surface area contributed by atoms with Gasteiger partial charge in [-0.1, -0.05) is 114 Å². The van der Waals surface area contributed by atoms with Crippen molar-refractivity contribution in [1.29, 1.82) is 0 Å². The third kappa shape index (κ3) is 18.2. The second-order valence-electron chi connectivity index (χ2n) is 12.4. The van der Waals surface area contributed by atoms with Gasteiger partial charge in [-0.25, -0.2) is 16.8 Å². The van der Waals surface area contributed by atoms with E-state index in [4.69, 9.17) is 9.47 Å². The fourth-order valence-electron chi connectivity index (χ4n) is 5.42. The van der Waals surface area contributed by atoms with Crippen LogP contribution in [0.25, 0.3) is 0 Å². The zero-order valence-corrected chi connectivity index (χ0v) is 33.8. The quantitative estimate of drug-likeness (QED) is 0.0494. The number of hydrogen-bond donors (Lipinski definition) is 0. The van der Waals surface area contributed by atoms with Crippen molar-refractivity contribution in [2.75, 3.05) is 0 Å². The molecule has 0 amide bonds. The van der Waals surface area contributed by atoms with E-state index in [0.717, 1.165) is 49.7 Å². The van der Waals surface area contributed by atoms with Crippen LogP contribution in [0.5, 0.6) is 23.0 Å². The molecule has 0 aliphatic heterocycles. The largest absolute Gasteiger partial charge is 2.00 e. The summed E-state index contributed by atoms with van der Waals surface area (Å²) in [6, 6.07) is 27.4. The molecule has 0 radical (unpaired) electrons. The molecule has 0 aliphatic rings. The summed E-state index contributed by atoms with van der Waals surface area (Å²) in [4.78, 5) is -0.469. The van der Waals surface area contributed by atoms with Crippen LogP contribution in [0.4, 0.5) is 0 Å². The molecule has 4 rings (SSSR count). The third-order valence-corrected chi connectivity index (χ3v) is 9.68. The van der Waals surface area contributed by atoms with Gasteiger partial charge in [0.15, 0.2) is 0 Å². The Labute approximate surface area is 335 Å². The summed E-state index contributed by atoms with van der Waals surface area (Å²) in [6.07, 6.45) is 15.4. The molecular formula is C40H50CaO8S2. The summed E-state index contributed by atoms with van der Waals surface area (Å²) < 4.78 is 80.0. The predicted molar refractivity (Wildman–Crippen MR) is 202 cm³/mol. The number of unbranched alkanes of at least 4 members (excludes halogenated alkanes) is 10. The van der Waals surface area contributed by atoms with Crippen molar-refractivity contribution in [2.45, 2.75) is 114 Å². The zero-order chi connectivity index (χ0) is 36.2. The number of rotatable bonds is 20. The van der Waals surface area contributed by atoms with Gasteiger partial charge in [-0.2, -0.15) is 0 Å². The van der Waals surface area contributed by atoms with Crippen molar-refractivity contribution in [3.05, 3.63) is 108 Å². The predicted octanol–water partition coefficient (Wildman–Crippen LogP) is 10.2. The Morgan fingerprint density at radius 1 is 0.451 bits per heavy atom. The molecular weight excluding hydrogens is 713 g/mol. The number of para-hydroxylation sites is 2. The van der Waals surface area contributed by atoms with Crippen molar-refractivity contribution < 1.29 is 35.4 Å². The summed E-state index contributed by atoms with van der Waals surface area (Å²) in [7, 11) is -9.03. The molecule has 0 heterocycles. The minimum atomic E-state index is -4.51. The van der Waals surface area contributed by atoms with Crippen LogP contribution in [0.1, 0.15) is 102 Å². The minimum absolute atomic E-state index is 0. The summed E-state index contributed by atoms with van der Waals surface area (Å²) in [5, 5.41) is 0. The molecule has 11 heteroatoms. The van der Waals surface area contributed by atoms with Gasteiger partial charge in [-0.05, 0) is 97.5 Å². The first kappa shape index (κ1) is 44.7. The molecule has 4 aromatic rings. The number of aryl methyl sites for hydroxylation is 2. The minimum Gasteiger partial charge on any atom is -0.744 e. The van der Waals surface area contributed by atoms with E-state index in [1.807, 2.05) is 48.5 Å². The molecule has 0 aromatic heterocycles. The standard InChI is InChI=1S/2C20H26O4S.Ca/c2*1-2-3-4-5-6-8-11-17-14-19(16-20(15-17)25(21,22)23)24-18-12-9-7-10-13-18;/h2*7,9-10,12-16H,2-6,8,11H2,1H3,(H,21,22,23);/q;;+2/p-2. The van der Waals surface area contributed by atoms with Gasteiger partial charge in [0.05, 0.1) is 9.79 Å². The van der Waals surface area contributed by atoms with E-state index in [0.29, 0.717) is 23.0 Å². The van der Waals surface area contributed by atoms with E-state index in [-0.39, 0.29) is 47.5 Å². The number of ether oxygens (including phenoxy) is 2. The van der Waals surface area contributed by atoms with Gasteiger partial charge in [-0.15, -0.1) is 0 Å². The molecule has 0 saturated carbocycles. The molecule has 0 N–H and O–H groups in total. The molecule has 51 heavy (non-hydrogen) atoms.